The van der Waals surface area contributed by atoms with Crippen molar-refractivity contribution in [3.8, 4) is 33.8 Å². The molecule has 0 aliphatic carbocycles. The van der Waals surface area contributed by atoms with Crippen molar-refractivity contribution in [2.24, 2.45) is 0 Å². The van der Waals surface area contributed by atoms with Gasteiger partial charge in [0.15, 0.2) is 0 Å². The molecule has 2 nitrogen and oxygen atoms in total. The van der Waals surface area contributed by atoms with Crippen LogP contribution in [0.3, 0.4) is 0 Å². The third-order valence-electron chi connectivity index (χ3n) is 12.9. The number of para-hydroxylation sites is 2. The maximum atomic E-state index is 6.71. The van der Waals surface area contributed by atoms with Gasteiger partial charge in [-0.1, -0.05) is 170 Å². The number of nitrogens with zero attached hydrogens (tertiary/aromatic N) is 1. The summed E-state index contributed by atoms with van der Waals surface area (Å²) in [6.45, 7) is 0. The molecule has 0 spiro atoms. The van der Waals surface area contributed by atoms with Gasteiger partial charge in [0.1, 0.15) is 11.5 Å². The fraction of sp³-hybridized carbons (Fsp3) is 0. The summed E-state index contributed by atoms with van der Waals surface area (Å²) in [4.78, 5) is 2.39. The zero-order valence-electron chi connectivity index (χ0n) is 34.1. The van der Waals surface area contributed by atoms with Gasteiger partial charge in [0.2, 0.25) is 0 Å². The molecule has 3 heteroatoms. The Labute approximate surface area is 368 Å². The third kappa shape index (κ3) is 5.64. The van der Waals surface area contributed by atoms with Crippen LogP contribution in [0.5, 0.6) is 11.5 Å². The topological polar surface area (TPSA) is 12.5 Å². The summed E-state index contributed by atoms with van der Waals surface area (Å²) in [5.41, 5.74) is 7.64. The summed E-state index contributed by atoms with van der Waals surface area (Å²) < 4.78 is 9.32. The Hall–Kier alpha value is -7.98. The van der Waals surface area contributed by atoms with Gasteiger partial charge in [0.05, 0.1) is 0 Å². The molecule has 0 bridgehead atoms. The lowest BCUT2D eigenvalue weighted by Crippen LogP contribution is -2.10. The first-order valence-electron chi connectivity index (χ1n) is 21.5. The average molecular weight is 820 g/mol. The Morgan fingerprint density at radius 1 is 0.286 bits per heavy atom. The van der Waals surface area contributed by atoms with Crippen molar-refractivity contribution in [1.29, 1.82) is 0 Å². The first-order chi connectivity index (χ1) is 31.3. The molecule has 0 atom stereocenters. The van der Waals surface area contributed by atoms with Crippen molar-refractivity contribution in [3.63, 3.8) is 0 Å². The maximum Gasteiger partial charge on any atom is 0.135 e. The van der Waals surface area contributed by atoms with E-state index in [0.29, 0.717) is 0 Å². The van der Waals surface area contributed by atoms with Crippen molar-refractivity contribution in [3.05, 3.63) is 224 Å². The molecule has 11 aromatic carbocycles. The Morgan fingerprint density at radius 3 is 1.48 bits per heavy atom. The minimum absolute atomic E-state index is 0.840. The van der Waals surface area contributed by atoms with Crippen LogP contribution in [0.1, 0.15) is 0 Å². The van der Waals surface area contributed by atoms with Gasteiger partial charge in [0, 0.05) is 53.7 Å². The number of thiophene rings is 1. The smallest absolute Gasteiger partial charge is 0.135 e. The maximum absolute atomic E-state index is 6.71. The van der Waals surface area contributed by atoms with Gasteiger partial charge in [-0.25, -0.2) is 0 Å². The van der Waals surface area contributed by atoms with E-state index >= 15 is 0 Å². The van der Waals surface area contributed by atoms with Crippen LogP contribution in [0.4, 0.5) is 17.1 Å². The van der Waals surface area contributed by atoms with E-state index in [1.165, 1.54) is 74.0 Å². The second-order valence-corrected chi connectivity index (χ2v) is 17.4. The van der Waals surface area contributed by atoms with Crippen molar-refractivity contribution in [2.45, 2.75) is 0 Å². The van der Waals surface area contributed by atoms with Gasteiger partial charge in [-0.05, 0) is 114 Å². The van der Waals surface area contributed by atoms with Gasteiger partial charge in [-0.3, -0.25) is 0 Å². The normalized spacial score (nSPS) is 11.9. The van der Waals surface area contributed by atoms with Crippen LogP contribution < -0.4 is 9.64 Å². The van der Waals surface area contributed by atoms with E-state index < -0.39 is 0 Å². The second-order valence-electron chi connectivity index (χ2n) is 16.3. The van der Waals surface area contributed by atoms with Gasteiger partial charge in [-0.15, -0.1) is 11.3 Å². The molecule has 0 saturated heterocycles. The third-order valence-corrected chi connectivity index (χ3v) is 14.1. The van der Waals surface area contributed by atoms with E-state index in [1.807, 2.05) is 17.4 Å². The largest absolute Gasteiger partial charge is 0.456 e. The molecule has 63 heavy (non-hydrogen) atoms. The van der Waals surface area contributed by atoms with Gasteiger partial charge in [0.25, 0.3) is 0 Å². The zero-order chi connectivity index (χ0) is 41.4. The van der Waals surface area contributed by atoms with Crippen LogP contribution in [-0.2, 0) is 0 Å². The SMILES string of the molecule is c1ccc(N(c2ccc3c(c2)-c2ccccc2-c2ccccc2O3)c2ccc3c(c2)c2ccccc2c2ccccc2c2ccccc2c2c3ccc3c4ccccc4sc32)cc1. The summed E-state index contributed by atoms with van der Waals surface area (Å²) in [5.74, 6) is 1.70. The lowest BCUT2D eigenvalue weighted by Gasteiger charge is -2.27. The number of hydrogen-bond acceptors (Lipinski definition) is 3. The van der Waals surface area contributed by atoms with E-state index in [0.717, 1.165) is 50.8 Å². The first kappa shape index (κ1) is 35.7. The van der Waals surface area contributed by atoms with Gasteiger partial charge >= 0.3 is 0 Å². The minimum Gasteiger partial charge on any atom is -0.456 e. The molecule has 0 fully saturated rings. The van der Waals surface area contributed by atoms with Crippen LogP contribution in [0.2, 0.25) is 0 Å². The molecule has 2 heterocycles. The predicted octanol–water partition coefficient (Wildman–Crippen LogP) is 17.9. The summed E-state index contributed by atoms with van der Waals surface area (Å²) in [6.07, 6.45) is 0. The number of fused-ring (bicyclic) bond motifs is 19. The lowest BCUT2D eigenvalue weighted by molar-refractivity contribution is 0.488. The highest BCUT2D eigenvalue weighted by Gasteiger charge is 2.23. The lowest BCUT2D eigenvalue weighted by atomic mass is 9.93. The predicted molar refractivity (Wildman–Crippen MR) is 270 cm³/mol. The molecule has 1 aliphatic heterocycles. The number of anilines is 3. The fourth-order valence-corrected chi connectivity index (χ4v) is 11.3. The van der Waals surface area contributed by atoms with Crippen LogP contribution in [-0.4, -0.2) is 0 Å². The number of ether oxygens (including phenoxy) is 1. The van der Waals surface area contributed by atoms with Crippen LogP contribution in [0.25, 0.3) is 96.3 Å². The van der Waals surface area contributed by atoms with Crippen LogP contribution >= 0.6 is 11.3 Å². The van der Waals surface area contributed by atoms with E-state index in [2.05, 4.69) is 223 Å². The minimum atomic E-state index is 0.840. The van der Waals surface area contributed by atoms with E-state index in [4.69, 9.17) is 4.74 Å². The van der Waals surface area contributed by atoms with Crippen molar-refractivity contribution in [1.82, 2.24) is 0 Å². The highest BCUT2D eigenvalue weighted by Crippen LogP contribution is 2.50. The summed E-state index contributed by atoms with van der Waals surface area (Å²) in [5, 5.41) is 14.8. The molecular formula is C60H37NOS. The molecule has 1 aromatic heterocycles. The number of rotatable bonds is 3. The Bertz CT molecular complexity index is 3900. The fourth-order valence-electron chi connectivity index (χ4n) is 10.1. The molecule has 0 saturated carbocycles. The molecule has 0 N–H and O–H groups in total. The first-order valence-corrected chi connectivity index (χ1v) is 22.3. The van der Waals surface area contributed by atoms with Gasteiger partial charge < -0.3 is 9.64 Å². The molecular weight excluding hydrogens is 783 g/mol. The van der Waals surface area contributed by atoms with Crippen molar-refractivity contribution < 1.29 is 4.74 Å². The molecule has 13 rings (SSSR count). The summed E-state index contributed by atoms with van der Waals surface area (Å²) in [6, 6.07) is 81.9. The highest BCUT2D eigenvalue weighted by molar-refractivity contribution is 7.26. The highest BCUT2D eigenvalue weighted by atomic mass is 32.1. The molecule has 0 amide bonds. The molecule has 12 aromatic rings. The average Bonchev–Trinajstić information content (AvgIpc) is 3.67. The van der Waals surface area contributed by atoms with E-state index in [-0.39, 0.29) is 0 Å². The van der Waals surface area contributed by atoms with Crippen LogP contribution in [0, 0.1) is 0 Å². The molecule has 1 aliphatic rings. The Morgan fingerprint density at radius 2 is 0.746 bits per heavy atom. The number of hydrogen-bond donors (Lipinski definition) is 0. The summed E-state index contributed by atoms with van der Waals surface area (Å²) >= 11 is 1.90. The molecule has 294 valence electrons. The molecule has 0 unspecified atom stereocenters. The van der Waals surface area contributed by atoms with Crippen molar-refractivity contribution in [2.75, 3.05) is 4.90 Å². The number of benzene rings is 10. The monoisotopic (exact) mass is 819 g/mol. The zero-order valence-corrected chi connectivity index (χ0v) is 34.9. The molecule has 0 radical (unpaired) electrons. The standard InChI is InChI=1S/C60H37NOS/c1-2-16-38(17-3-1)61(40-31-35-57-55(37-40)47-24-9-7-21-44(47)49-25-12-14-28-56(49)62-57)39-30-32-48-52-33-34-53-50-26-13-15-29-58(50)63-60(53)59(52)51-27-11-10-22-45(51)42-19-5-4-18-41(42)43-20-6-8-23-46(43)54(48)36-39/h1-37H. The van der Waals surface area contributed by atoms with Crippen LogP contribution in [0.15, 0.2) is 224 Å². The quantitative estimate of drug-likeness (QED) is 0.176. The summed E-state index contributed by atoms with van der Waals surface area (Å²) in [7, 11) is 0. The Balaban J connectivity index is 1.16. The van der Waals surface area contributed by atoms with E-state index in [1.54, 1.807) is 0 Å². The van der Waals surface area contributed by atoms with Gasteiger partial charge in [-0.2, -0.15) is 0 Å². The van der Waals surface area contributed by atoms with Crippen molar-refractivity contribution >= 4 is 102 Å². The second kappa shape index (κ2) is 14.3. The van der Waals surface area contributed by atoms with E-state index in [9.17, 15) is 0 Å². The Kier molecular flexibility index (Phi) is 8.12.